The number of carbonyl (C=O) groups is 4. The molecule has 9 heteroatoms. The van der Waals surface area contributed by atoms with E-state index in [0.29, 0.717) is 62.5 Å². The van der Waals surface area contributed by atoms with Crippen LogP contribution < -0.4 is 0 Å². The van der Waals surface area contributed by atoms with E-state index in [1.54, 1.807) is 0 Å². The average molecular weight is 1130 g/mol. The average Bonchev–Trinajstić information content (AvgIpc) is 3.45. The van der Waals surface area contributed by atoms with E-state index in [1.165, 1.54) is 193 Å². The second kappa shape index (κ2) is 61.4. The van der Waals surface area contributed by atoms with Gasteiger partial charge in [0.25, 0.3) is 0 Å². The van der Waals surface area contributed by atoms with Crippen molar-refractivity contribution in [1.82, 2.24) is 14.7 Å². The van der Waals surface area contributed by atoms with E-state index >= 15 is 0 Å². The van der Waals surface area contributed by atoms with E-state index in [9.17, 15) is 19.2 Å². The lowest BCUT2D eigenvalue weighted by atomic mass is 9.95. The van der Waals surface area contributed by atoms with E-state index in [2.05, 4.69) is 63.3 Å². The zero-order chi connectivity index (χ0) is 58.6. The van der Waals surface area contributed by atoms with Crippen molar-refractivity contribution in [2.24, 2.45) is 11.8 Å². The van der Waals surface area contributed by atoms with Crippen LogP contribution in [0, 0.1) is 11.8 Å². The smallest absolute Gasteiger partial charge is 0.305 e. The summed E-state index contributed by atoms with van der Waals surface area (Å²) in [5.74, 6) is 1.62. The lowest BCUT2D eigenvalue weighted by Gasteiger charge is -2.24. The highest BCUT2D eigenvalue weighted by Gasteiger charge is 2.17. The number of ether oxygens (including phenoxy) is 2. The van der Waals surface area contributed by atoms with Crippen molar-refractivity contribution < 1.29 is 28.7 Å². The number of amides is 2. The Morgan fingerprint density at radius 3 is 0.812 bits per heavy atom. The summed E-state index contributed by atoms with van der Waals surface area (Å²) in [6, 6.07) is 0. The number of unbranched alkanes of at least 4 members (excludes halogenated alkanes) is 32. The molecule has 0 heterocycles. The van der Waals surface area contributed by atoms with Crippen LogP contribution in [0.2, 0.25) is 0 Å². The van der Waals surface area contributed by atoms with Crippen LogP contribution in [-0.4, -0.2) is 98.0 Å². The number of carbonyl (C=O) groups excluding carboxylic acids is 4. The van der Waals surface area contributed by atoms with Gasteiger partial charge in [-0.15, -0.1) is 0 Å². The molecular formula is C71H139N3O6. The third kappa shape index (κ3) is 52.6. The Kier molecular flexibility index (Phi) is 59.7. The van der Waals surface area contributed by atoms with Gasteiger partial charge in [-0.05, 0) is 122 Å². The topological polar surface area (TPSA) is 96.5 Å². The van der Waals surface area contributed by atoms with Gasteiger partial charge in [-0.25, -0.2) is 0 Å². The van der Waals surface area contributed by atoms with Gasteiger partial charge in [0.1, 0.15) is 0 Å². The number of esters is 2. The molecule has 0 fully saturated rings. The number of hydrogen-bond donors (Lipinski definition) is 0. The molecule has 2 unspecified atom stereocenters. The van der Waals surface area contributed by atoms with Crippen LogP contribution in [0.25, 0.3) is 0 Å². The molecule has 0 spiro atoms. The Morgan fingerprint density at radius 1 is 0.275 bits per heavy atom. The molecule has 0 aliphatic heterocycles. The molecule has 0 aromatic heterocycles. The maximum atomic E-state index is 13.5. The third-order valence-corrected chi connectivity index (χ3v) is 17.1. The molecule has 0 N–H and O–H groups in total. The third-order valence-electron chi connectivity index (χ3n) is 17.1. The monoisotopic (exact) mass is 1130 g/mol. The molecule has 474 valence electrons. The van der Waals surface area contributed by atoms with Crippen molar-refractivity contribution in [1.29, 1.82) is 0 Å². The zero-order valence-corrected chi connectivity index (χ0v) is 55.0. The van der Waals surface area contributed by atoms with E-state index in [1.807, 2.05) is 0 Å². The molecule has 0 bridgehead atoms. The van der Waals surface area contributed by atoms with Crippen molar-refractivity contribution in [2.45, 2.75) is 363 Å². The first-order valence-corrected chi connectivity index (χ1v) is 35.7. The molecule has 0 aromatic rings. The summed E-state index contributed by atoms with van der Waals surface area (Å²) in [4.78, 5) is 59.1. The van der Waals surface area contributed by atoms with E-state index in [-0.39, 0.29) is 11.9 Å². The van der Waals surface area contributed by atoms with Crippen molar-refractivity contribution in [2.75, 3.05) is 59.5 Å². The largest absolute Gasteiger partial charge is 0.465 e. The fourth-order valence-corrected chi connectivity index (χ4v) is 11.5. The van der Waals surface area contributed by atoms with E-state index in [4.69, 9.17) is 9.47 Å². The maximum Gasteiger partial charge on any atom is 0.305 e. The Hall–Kier alpha value is -2.16. The fraction of sp³-hybridized carbons (Fsp3) is 0.944. The zero-order valence-electron chi connectivity index (χ0n) is 55.0. The van der Waals surface area contributed by atoms with Crippen LogP contribution >= 0.6 is 0 Å². The number of nitrogens with zero attached hydrogens (tertiary/aromatic N) is 3. The van der Waals surface area contributed by atoms with E-state index < -0.39 is 0 Å². The standard InChI is InChI=1S/C71H139N3O6/c1-8-14-20-26-30-38-52-66(50-36-22-16-10-3)64-79-70(77)56-40-32-28-34-46-62-73(60-44-24-18-12-5)68(75)54-42-48-58-72(7)59-49-43-55-69(76)74(61-45-25-19-13-6)63-47-35-29-33-41-57-71(78)80-65-67(51-37-23-17-11-4)53-39-31-27-21-15-9-2/h66-67H,8-65H2,1-7H3. The van der Waals surface area contributed by atoms with Crippen LogP contribution in [0.4, 0.5) is 0 Å². The maximum absolute atomic E-state index is 13.5. The Labute approximate surface area is 498 Å². The number of hydrogen-bond acceptors (Lipinski definition) is 7. The molecule has 2 amide bonds. The van der Waals surface area contributed by atoms with Crippen molar-refractivity contribution >= 4 is 23.8 Å². The first kappa shape index (κ1) is 77.8. The molecule has 2 atom stereocenters. The molecule has 0 aliphatic rings. The summed E-state index contributed by atoms with van der Waals surface area (Å²) in [5, 5.41) is 0. The molecule has 0 saturated heterocycles. The highest BCUT2D eigenvalue weighted by atomic mass is 16.5. The predicted octanol–water partition coefficient (Wildman–Crippen LogP) is 20.5. The van der Waals surface area contributed by atoms with Gasteiger partial charge in [-0.2, -0.15) is 0 Å². The van der Waals surface area contributed by atoms with Crippen LogP contribution in [0.1, 0.15) is 363 Å². The van der Waals surface area contributed by atoms with Gasteiger partial charge in [-0.1, -0.05) is 247 Å². The molecule has 0 aliphatic carbocycles. The molecular weight excluding hydrogens is 991 g/mol. The van der Waals surface area contributed by atoms with Crippen molar-refractivity contribution in [3.8, 4) is 0 Å². The molecule has 80 heavy (non-hydrogen) atoms. The van der Waals surface area contributed by atoms with Crippen molar-refractivity contribution in [3.05, 3.63) is 0 Å². The SMILES string of the molecule is CCCCCCCCC(CCCCCC)COC(=O)CCCCCCCN(CCCCCC)C(=O)CCCCN(C)CCCCC(=O)N(CCCCCC)CCCCCCCC(=O)OCC(CCCCCC)CCCCCCCC. The number of rotatable bonds is 64. The minimum Gasteiger partial charge on any atom is -0.465 e. The first-order chi connectivity index (χ1) is 39.1. The van der Waals surface area contributed by atoms with Gasteiger partial charge >= 0.3 is 11.9 Å². The van der Waals surface area contributed by atoms with Gasteiger partial charge in [0.05, 0.1) is 13.2 Å². The summed E-state index contributed by atoms with van der Waals surface area (Å²) < 4.78 is 11.7. The normalized spacial score (nSPS) is 12.3. The molecule has 0 aromatic carbocycles. The Morgan fingerprint density at radius 2 is 0.500 bits per heavy atom. The second-order valence-electron chi connectivity index (χ2n) is 25.0. The van der Waals surface area contributed by atoms with Crippen LogP contribution in [-0.2, 0) is 28.7 Å². The predicted molar refractivity (Wildman–Crippen MR) is 344 cm³/mol. The molecule has 0 rings (SSSR count). The highest BCUT2D eigenvalue weighted by Crippen LogP contribution is 2.22. The fourth-order valence-electron chi connectivity index (χ4n) is 11.5. The molecule has 9 nitrogen and oxygen atoms in total. The van der Waals surface area contributed by atoms with Crippen molar-refractivity contribution in [3.63, 3.8) is 0 Å². The first-order valence-electron chi connectivity index (χ1n) is 35.7. The summed E-state index contributed by atoms with van der Waals surface area (Å²) in [6.07, 6.45) is 56.6. The van der Waals surface area contributed by atoms with Gasteiger partial charge in [0.15, 0.2) is 0 Å². The summed E-state index contributed by atoms with van der Waals surface area (Å²) in [7, 11) is 2.18. The van der Waals surface area contributed by atoms with Gasteiger partial charge < -0.3 is 24.2 Å². The van der Waals surface area contributed by atoms with Crippen LogP contribution in [0.5, 0.6) is 0 Å². The Balaban J connectivity index is 4.58. The molecule has 0 radical (unpaired) electrons. The van der Waals surface area contributed by atoms with Gasteiger partial charge in [-0.3, -0.25) is 19.2 Å². The minimum absolute atomic E-state index is 0.0177. The van der Waals surface area contributed by atoms with Crippen LogP contribution in [0.15, 0.2) is 0 Å². The van der Waals surface area contributed by atoms with Crippen LogP contribution in [0.3, 0.4) is 0 Å². The lowest BCUT2D eigenvalue weighted by Crippen LogP contribution is -2.33. The summed E-state index contributed by atoms with van der Waals surface area (Å²) in [5.41, 5.74) is 0. The second-order valence-corrected chi connectivity index (χ2v) is 25.0. The van der Waals surface area contributed by atoms with E-state index in [0.717, 1.165) is 142 Å². The quantitative estimate of drug-likeness (QED) is 0.0442. The summed E-state index contributed by atoms with van der Waals surface area (Å²) >= 11 is 0. The minimum atomic E-state index is -0.0177. The summed E-state index contributed by atoms with van der Waals surface area (Å²) in [6.45, 7) is 20.1. The van der Waals surface area contributed by atoms with Gasteiger partial charge in [0.2, 0.25) is 11.8 Å². The highest BCUT2D eigenvalue weighted by molar-refractivity contribution is 5.76. The van der Waals surface area contributed by atoms with Gasteiger partial charge in [0, 0.05) is 51.9 Å². The Bertz CT molecular complexity index is 1250. The molecule has 0 saturated carbocycles. The lowest BCUT2D eigenvalue weighted by molar-refractivity contribution is -0.146.